The Balaban J connectivity index is 1.85. The molecule has 0 fully saturated rings. The Morgan fingerprint density at radius 3 is 2.79 bits per heavy atom. The lowest BCUT2D eigenvalue weighted by molar-refractivity contribution is -0.141. The zero-order chi connectivity index (χ0) is 17.3. The van der Waals surface area contributed by atoms with Crippen LogP contribution in [0.5, 0.6) is 0 Å². The van der Waals surface area contributed by atoms with Crippen LogP contribution in [0.4, 0.5) is 13.2 Å². The molecule has 2 N–H and O–H groups in total. The number of aromatic nitrogens is 2. The first-order valence-electron chi connectivity index (χ1n) is 7.09. The van der Waals surface area contributed by atoms with Gasteiger partial charge in [-0.15, -0.1) is 0 Å². The van der Waals surface area contributed by atoms with E-state index in [2.05, 4.69) is 15.0 Å². The summed E-state index contributed by atoms with van der Waals surface area (Å²) in [5.74, 6) is 0.536. The highest BCUT2D eigenvalue weighted by atomic mass is 19.4. The maximum absolute atomic E-state index is 12.8. The first-order chi connectivity index (χ1) is 11.3. The molecule has 126 valence electrons. The molecule has 0 bridgehead atoms. The Morgan fingerprint density at radius 2 is 2.12 bits per heavy atom. The fraction of sp³-hybridized carbons (Fsp3) is 0.267. The fourth-order valence-electron chi connectivity index (χ4n) is 2.37. The summed E-state index contributed by atoms with van der Waals surface area (Å²) in [6.45, 7) is 1.98. The largest absolute Gasteiger partial charge is 0.444 e. The van der Waals surface area contributed by atoms with Crippen LogP contribution in [0.1, 0.15) is 24.2 Å². The standard InChI is InChI=1S/C15H14F3N5O/c1-9-13(14-20-5-6-24-14)22-12(19)8-23(9)7-10-3-2-4-11(21-10)15(16,17)18/h2-6,8-9H,7,19H2,1H3. The second-order valence-electron chi connectivity index (χ2n) is 5.25. The maximum atomic E-state index is 12.8. The van der Waals surface area contributed by atoms with Crippen LogP contribution in [0.3, 0.4) is 0 Å². The second-order valence-corrected chi connectivity index (χ2v) is 5.25. The number of nitrogens with zero attached hydrogens (tertiary/aromatic N) is 4. The lowest BCUT2D eigenvalue weighted by Crippen LogP contribution is -2.39. The van der Waals surface area contributed by atoms with Gasteiger partial charge in [-0.1, -0.05) is 6.07 Å². The molecule has 0 spiro atoms. The molecule has 6 nitrogen and oxygen atoms in total. The number of hydrogen-bond acceptors (Lipinski definition) is 6. The summed E-state index contributed by atoms with van der Waals surface area (Å²) < 4.78 is 43.6. The van der Waals surface area contributed by atoms with Crippen LogP contribution in [0.25, 0.3) is 0 Å². The third-order valence-electron chi connectivity index (χ3n) is 3.53. The van der Waals surface area contributed by atoms with Gasteiger partial charge >= 0.3 is 6.18 Å². The number of alkyl halides is 3. The van der Waals surface area contributed by atoms with Gasteiger partial charge in [-0.25, -0.2) is 15.0 Å². The number of aliphatic imine (C=N–C) groups is 1. The third kappa shape index (κ3) is 3.24. The highest BCUT2D eigenvalue weighted by Crippen LogP contribution is 2.28. The van der Waals surface area contributed by atoms with Crippen molar-refractivity contribution in [2.45, 2.75) is 25.7 Å². The summed E-state index contributed by atoms with van der Waals surface area (Å²) in [6, 6.07) is 3.51. The van der Waals surface area contributed by atoms with Gasteiger partial charge in [-0.05, 0) is 19.1 Å². The van der Waals surface area contributed by atoms with Crippen molar-refractivity contribution < 1.29 is 17.6 Å². The Kier molecular flexibility index (Phi) is 4.00. The molecule has 2 aromatic rings. The second kappa shape index (κ2) is 5.99. The third-order valence-corrected chi connectivity index (χ3v) is 3.53. The van der Waals surface area contributed by atoms with Crippen LogP contribution in [0.2, 0.25) is 0 Å². The molecule has 3 rings (SSSR count). The predicted octanol–water partition coefficient (Wildman–Crippen LogP) is 2.54. The first kappa shape index (κ1) is 16.0. The molecule has 1 unspecified atom stereocenters. The molecule has 0 aromatic carbocycles. The van der Waals surface area contributed by atoms with Gasteiger partial charge in [-0.3, -0.25) is 0 Å². The van der Waals surface area contributed by atoms with Crippen LogP contribution >= 0.6 is 0 Å². The average molecular weight is 337 g/mol. The van der Waals surface area contributed by atoms with Crippen molar-refractivity contribution in [1.29, 1.82) is 0 Å². The van der Waals surface area contributed by atoms with E-state index in [0.717, 1.165) is 6.07 Å². The highest BCUT2D eigenvalue weighted by Gasteiger charge is 2.33. The van der Waals surface area contributed by atoms with Crippen LogP contribution < -0.4 is 5.73 Å². The fourth-order valence-corrected chi connectivity index (χ4v) is 2.37. The Labute approximate surface area is 135 Å². The van der Waals surface area contributed by atoms with E-state index in [1.807, 2.05) is 6.92 Å². The molecule has 0 radical (unpaired) electrons. The number of oxazole rings is 1. The zero-order valence-electron chi connectivity index (χ0n) is 12.7. The van der Waals surface area contributed by atoms with E-state index in [-0.39, 0.29) is 24.1 Å². The molecule has 1 aliphatic rings. The van der Waals surface area contributed by atoms with Gasteiger partial charge in [-0.2, -0.15) is 13.2 Å². The monoisotopic (exact) mass is 337 g/mol. The molecule has 0 amide bonds. The lowest BCUT2D eigenvalue weighted by atomic mass is 10.1. The van der Waals surface area contributed by atoms with Crippen molar-refractivity contribution in [3.05, 3.63) is 60.0 Å². The molecule has 0 saturated heterocycles. The maximum Gasteiger partial charge on any atom is 0.433 e. The predicted molar refractivity (Wildman–Crippen MR) is 79.6 cm³/mol. The molecule has 1 atom stereocenters. The molecule has 3 heterocycles. The van der Waals surface area contributed by atoms with Crippen molar-refractivity contribution in [3.8, 4) is 0 Å². The van der Waals surface area contributed by atoms with Crippen LogP contribution in [0, 0.1) is 0 Å². The highest BCUT2D eigenvalue weighted by molar-refractivity contribution is 6.01. The minimum Gasteiger partial charge on any atom is -0.444 e. The van der Waals surface area contributed by atoms with E-state index in [1.165, 1.54) is 24.6 Å². The van der Waals surface area contributed by atoms with Gasteiger partial charge in [0.15, 0.2) is 0 Å². The Bertz CT molecular complexity index is 783. The van der Waals surface area contributed by atoms with Crippen molar-refractivity contribution in [2.24, 2.45) is 10.7 Å². The molecule has 9 heteroatoms. The van der Waals surface area contributed by atoms with Gasteiger partial charge in [0.1, 0.15) is 23.5 Å². The molecule has 0 saturated carbocycles. The van der Waals surface area contributed by atoms with E-state index >= 15 is 0 Å². The number of halogens is 3. The molecular weight excluding hydrogens is 323 g/mol. The summed E-state index contributed by atoms with van der Waals surface area (Å²) >= 11 is 0. The SMILES string of the molecule is CC1C(c2ncco2)=NC(N)=CN1Cc1cccc(C(F)(F)F)n1. The smallest absolute Gasteiger partial charge is 0.433 e. The number of pyridine rings is 1. The topological polar surface area (TPSA) is 80.5 Å². The first-order valence-corrected chi connectivity index (χ1v) is 7.09. The van der Waals surface area contributed by atoms with E-state index in [9.17, 15) is 13.2 Å². The van der Waals surface area contributed by atoms with E-state index in [0.29, 0.717) is 11.6 Å². The van der Waals surface area contributed by atoms with E-state index in [1.54, 1.807) is 11.1 Å². The number of nitrogens with two attached hydrogens (primary N) is 1. The average Bonchev–Trinajstić information content (AvgIpc) is 3.04. The Hall–Kier alpha value is -2.84. The molecule has 24 heavy (non-hydrogen) atoms. The summed E-state index contributed by atoms with van der Waals surface area (Å²) in [7, 11) is 0. The normalized spacial score (nSPS) is 18.3. The van der Waals surface area contributed by atoms with Gasteiger partial charge in [0, 0.05) is 6.20 Å². The molecular formula is C15H14F3N5O. The van der Waals surface area contributed by atoms with E-state index < -0.39 is 11.9 Å². The number of rotatable bonds is 3. The van der Waals surface area contributed by atoms with E-state index in [4.69, 9.17) is 10.2 Å². The Morgan fingerprint density at radius 1 is 1.33 bits per heavy atom. The lowest BCUT2D eigenvalue weighted by Gasteiger charge is -2.30. The minimum atomic E-state index is -4.48. The molecule has 2 aromatic heterocycles. The van der Waals surface area contributed by atoms with Crippen molar-refractivity contribution in [2.75, 3.05) is 0 Å². The van der Waals surface area contributed by atoms with Crippen molar-refractivity contribution in [3.63, 3.8) is 0 Å². The van der Waals surface area contributed by atoms with Crippen molar-refractivity contribution >= 4 is 5.71 Å². The van der Waals surface area contributed by atoms with Crippen LogP contribution in [0.15, 0.2) is 52.1 Å². The van der Waals surface area contributed by atoms with Gasteiger partial charge in [0.2, 0.25) is 5.89 Å². The van der Waals surface area contributed by atoms with Gasteiger partial charge in [0.05, 0.1) is 24.5 Å². The summed E-state index contributed by atoms with van der Waals surface area (Å²) in [5.41, 5.74) is 5.65. The summed E-state index contributed by atoms with van der Waals surface area (Å²) in [4.78, 5) is 13.7. The molecule has 1 aliphatic heterocycles. The van der Waals surface area contributed by atoms with Gasteiger partial charge in [0.25, 0.3) is 0 Å². The number of hydrogen-bond donors (Lipinski definition) is 1. The summed E-state index contributed by atoms with van der Waals surface area (Å²) in [5, 5.41) is 0. The van der Waals surface area contributed by atoms with Crippen molar-refractivity contribution in [1.82, 2.24) is 14.9 Å². The quantitative estimate of drug-likeness (QED) is 0.931. The van der Waals surface area contributed by atoms with Crippen LogP contribution in [-0.4, -0.2) is 26.6 Å². The van der Waals surface area contributed by atoms with Gasteiger partial charge < -0.3 is 15.1 Å². The van der Waals surface area contributed by atoms with Crippen LogP contribution in [-0.2, 0) is 12.7 Å². The summed E-state index contributed by atoms with van der Waals surface area (Å²) in [6.07, 6.45) is -0.0162. The molecule has 0 aliphatic carbocycles. The minimum absolute atomic E-state index is 0.144. The zero-order valence-corrected chi connectivity index (χ0v) is 12.7.